The van der Waals surface area contributed by atoms with Crippen molar-refractivity contribution in [3.63, 3.8) is 0 Å². The fourth-order valence-electron chi connectivity index (χ4n) is 2.70. The summed E-state index contributed by atoms with van der Waals surface area (Å²) in [5.41, 5.74) is 0.231. The molecule has 0 saturated carbocycles. The standard InChI is InChI=1S/C18H23ClN6O3S/c1-18(2,3)28-17(27)24-10-8-23(9-11-24)15(26)12-29-16-20-21-22-25(16)14-6-4-13(19)5-7-14/h4-7H,8-12H2,1-3H3. The molecule has 2 aromatic rings. The summed E-state index contributed by atoms with van der Waals surface area (Å²) >= 11 is 7.18. The van der Waals surface area contributed by atoms with Crippen LogP contribution >= 0.6 is 23.4 Å². The molecule has 0 aliphatic carbocycles. The molecule has 29 heavy (non-hydrogen) atoms. The van der Waals surface area contributed by atoms with Crippen molar-refractivity contribution in [1.82, 2.24) is 30.0 Å². The molecule has 1 aliphatic rings. The highest BCUT2D eigenvalue weighted by Crippen LogP contribution is 2.20. The number of halogens is 1. The van der Waals surface area contributed by atoms with Crippen molar-refractivity contribution in [2.24, 2.45) is 0 Å². The van der Waals surface area contributed by atoms with Crippen LogP contribution in [0.5, 0.6) is 0 Å². The number of thioether (sulfide) groups is 1. The Labute approximate surface area is 178 Å². The van der Waals surface area contributed by atoms with Gasteiger partial charge in [0, 0.05) is 31.2 Å². The molecule has 0 atom stereocenters. The van der Waals surface area contributed by atoms with E-state index in [-0.39, 0.29) is 17.8 Å². The van der Waals surface area contributed by atoms with Gasteiger partial charge in [-0.05, 0) is 55.5 Å². The van der Waals surface area contributed by atoms with Crippen LogP contribution < -0.4 is 0 Å². The van der Waals surface area contributed by atoms with E-state index < -0.39 is 5.60 Å². The molecule has 0 unspecified atom stereocenters. The van der Waals surface area contributed by atoms with Crippen LogP contribution in [0.3, 0.4) is 0 Å². The highest BCUT2D eigenvalue weighted by Gasteiger charge is 2.27. The van der Waals surface area contributed by atoms with E-state index in [1.807, 2.05) is 20.8 Å². The molecule has 0 radical (unpaired) electrons. The van der Waals surface area contributed by atoms with Gasteiger partial charge in [-0.3, -0.25) is 4.79 Å². The molecule has 3 rings (SSSR count). The third-order valence-electron chi connectivity index (χ3n) is 4.12. The Morgan fingerprint density at radius 1 is 1.10 bits per heavy atom. The second-order valence-electron chi connectivity index (χ2n) is 7.49. The van der Waals surface area contributed by atoms with E-state index in [4.69, 9.17) is 16.3 Å². The van der Waals surface area contributed by atoms with Gasteiger partial charge in [-0.1, -0.05) is 23.4 Å². The van der Waals surface area contributed by atoms with Gasteiger partial charge in [0.2, 0.25) is 11.1 Å². The number of carbonyl (C=O) groups is 2. The Bertz CT molecular complexity index is 859. The lowest BCUT2D eigenvalue weighted by molar-refractivity contribution is -0.130. The average molecular weight is 439 g/mol. The van der Waals surface area contributed by atoms with Crippen LogP contribution in [0, 0.1) is 0 Å². The van der Waals surface area contributed by atoms with Crippen LogP contribution in [0.2, 0.25) is 5.02 Å². The summed E-state index contributed by atoms with van der Waals surface area (Å²) in [5.74, 6) is 0.185. The number of nitrogens with zero attached hydrogens (tertiary/aromatic N) is 6. The number of hydrogen-bond acceptors (Lipinski definition) is 7. The normalized spacial score (nSPS) is 14.8. The van der Waals surface area contributed by atoms with Crippen LogP contribution in [0.25, 0.3) is 5.69 Å². The monoisotopic (exact) mass is 438 g/mol. The number of hydrogen-bond donors (Lipinski definition) is 0. The number of amides is 2. The summed E-state index contributed by atoms with van der Waals surface area (Å²) < 4.78 is 6.94. The van der Waals surface area contributed by atoms with E-state index in [2.05, 4.69) is 15.5 Å². The lowest BCUT2D eigenvalue weighted by atomic mass is 10.2. The van der Waals surface area contributed by atoms with Gasteiger partial charge < -0.3 is 14.5 Å². The first kappa shape index (κ1) is 21.4. The van der Waals surface area contributed by atoms with E-state index >= 15 is 0 Å². The van der Waals surface area contributed by atoms with Gasteiger partial charge in [0.15, 0.2) is 0 Å². The molecule has 1 fully saturated rings. The van der Waals surface area contributed by atoms with Crippen molar-refractivity contribution in [3.05, 3.63) is 29.3 Å². The Hall–Kier alpha value is -2.33. The van der Waals surface area contributed by atoms with Crippen molar-refractivity contribution in [1.29, 1.82) is 0 Å². The largest absolute Gasteiger partial charge is 0.444 e. The summed E-state index contributed by atoms with van der Waals surface area (Å²) in [5, 5.41) is 12.8. The Morgan fingerprint density at radius 3 is 2.34 bits per heavy atom. The fraction of sp³-hybridized carbons (Fsp3) is 0.500. The summed E-state index contributed by atoms with van der Waals surface area (Å²) in [6, 6.07) is 7.12. The lowest BCUT2D eigenvalue weighted by Gasteiger charge is -2.35. The number of benzene rings is 1. The zero-order chi connectivity index (χ0) is 21.0. The maximum Gasteiger partial charge on any atom is 0.410 e. The van der Waals surface area contributed by atoms with Crippen molar-refractivity contribution >= 4 is 35.4 Å². The molecular formula is C18H23ClN6O3S. The van der Waals surface area contributed by atoms with Crippen molar-refractivity contribution < 1.29 is 14.3 Å². The molecule has 9 nitrogen and oxygen atoms in total. The molecule has 1 aromatic carbocycles. The van der Waals surface area contributed by atoms with Gasteiger partial charge >= 0.3 is 6.09 Å². The Morgan fingerprint density at radius 2 is 1.72 bits per heavy atom. The van der Waals surface area contributed by atoms with E-state index in [1.165, 1.54) is 11.8 Å². The number of tetrazole rings is 1. The maximum absolute atomic E-state index is 12.6. The molecule has 2 amide bonds. The van der Waals surface area contributed by atoms with Crippen LogP contribution in [0.4, 0.5) is 4.79 Å². The van der Waals surface area contributed by atoms with Crippen LogP contribution in [-0.2, 0) is 9.53 Å². The van der Waals surface area contributed by atoms with E-state index in [1.54, 1.807) is 38.7 Å². The summed E-state index contributed by atoms with van der Waals surface area (Å²) in [6.45, 7) is 7.35. The third-order valence-corrected chi connectivity index (χ3v) is 5.28. The maximum atomic E-state index is 12.6. The predicted molar refractivity (Wildman–Crippen MR) is 109 cm³/mol. The Balaban J connectivity index is 1.51. The molecule has 0 N–H and O–H groups in total. The summed E-state index contributed by atoms with van der Waals surface area (Å²) in [7, 11) is 0. The minimum Gasteiger partial charge on any atom is -0.444 e. The van der Waals surface area contributed by atoms with Gasteiger partial charge in [-0.15, -0.1) is 5.10 Å². The first-order valence-electron chi connectivity index (χ1n) is 9.16. The number of ether oxygens (including phenoxy) is 1. The quantitative estimate of drug-likeness (QED) is 0.677. The average Bonchev–Trinajstić information content (AvgIpc) is 3.14. The number of piperazine rings is 1. The van der Waals surface area contributed by atoms with E-state index in [0.717, 1.165) is 5.69 Å². The first-order valence-corrected chi connectivity index (χ1v) is 10.5. The lowest BCUT2D eigenvalue weighted by Crippen LogP contribution is -2.52. The SMILES string of the molecule is CC(C)(C)OC(=O)N1CCN(C(=O)CSc2nnnn2-c2ccc(Cl)cc2)CC1. The van der Waals surface area contributed by atoms with Crippen LogP contribution in [-0.4, -0.2) is 79.5 Å². The van der Waals surface area contributed by atoms with Gasteiger partial charge in [0.05, 0.1) is 11.4 Å². The molecule has 1 saturated heterocycles. The summed E-state index contributed by atoms with van der Waals surface area (Å²) in [6.07, 6.45) is -0.346. The van der Waals surface area contributed by atoms with Crippen molar-refractivity contribution in [2.75, 3.05) is 31.9 Å². The predicted octanol–water partition coefficient (Wildman–Crippen LogP) is 2.49. The minimum absolute atomic E-state index is 0.0236. The zero-order valence-corrected chi connectivity index (χ0v) is 18.1. The van der Waals surface area contributed by atoms with Gasteiger partial charge in [-0.25, -0.2) is 4.79 Å². The van der Waals surface area contributed by atoms with Crippen molar-refractivity contribution in [2.45, 2.75) is 31.5 Å². The molecule has 0 bridgehead atoms. The zero-order valence-electron chi connectivity index (χ0n) is 16.5. The topological polar surface area (TPSA) is 93.4 Å². The molecule has 2 heterocycles. The summed E-state index contributed by atoms with van der Waals surface area (Å²) in [4.78, 5) is 28.1. The van der Waals surface area contributed by atoms with Gasteiger partial charge in [-0.2, -0.15) is 4.68 Å². The molecule has 1 aromatic heterocycles. The first-order chi connectivity index (χ1) is 13.7. The molecule has 156 valence electrons. The molecule has 11 heteroatoms. The molecule has 1 aliphatic heterocycles. The van der Waals surface area contributed by atoms with E-state index in [0.29, 0.717) is 36.4 Å². The van der Waals surface area contributed by atoms with Crippen LogP contribution in [0.1, 0.15) is 20.8 Å². The minimum atomic E-state index is -0.533. The second kappa shape index (κ2) is 9.00. The third kappa shape index (κ3) is 5.83. The molecule has 0 spiro atoms. The van der Waals surface area contributed by atoms with E-state index in [9.17, 15) is 9.59 Å². The molecular weight excluding hydrogens is 416 g/mol. The fourth-order valence-corrected chi connectivity index (χ4v) is 3.62. The second-order valence-corrected chi connectivity index (χ2v) is 8.87. The van der Waals surface area contributed by atoms with Gasteiger partial charge in [0.1, 0.15) is 5.60 Å². The smallest absolute Gasteiger partial charge is 0.410 e. The highest BCUT2D eigenvalue weighted by atomic mass is 35.5. The highest BCUT2D eigenvalue weighted by molar-refractivity contribution is 7.99. The number of aromatic nitrogens is 4. The van der Waals surface area contributed by atoms with Crippen molar-refractivity contribution in [3.8, 4) is 5.69 Å². The van der Waals surface area contributed by atoms with Gasteiger partial charge in [0.25, 0.3) is 0 Å². The number of rotatable bonds is 4. The Kier molecular flexibility index (Phi) is 6.63. The van der Waals surface area contributed by atoms with Crippen LogP contribution in [0.15, 0.2) is 29.4 Å². The number of carbonyl (C=O) groups excluding carboxylic acids is 2.